The molecule has 2 aromatic heterocycles. The van der Waals surface area contributed by atoms with E-state index >= 15 is 0 Å². The summed E-state index contributed by atoms with van der Waals surface area (Å²) in [5.74, 6) is -0.184. The molecule has 1 saturated heterocycles. The summed E-state index contributed by atoms with van der Waals surface area (Å²) in [7, 11) is -3.87. The third-order valence-electron chi connectivity index (χ3n) is 5.34. The maximum absolute atomic E-state index is 13.5. The quantitative estimate of drug-likeness (QED) is 0.461. The molecule has 7 nitrogen and oxygen atoms in total. The van der Waals surface area contributed by atoms with E-state index in [1.165, 1.54) is 10.4 Å². The molecule has 1 N–H and O–H groups in total. The van der Waals surface area contributed by atoms with Crippen LogP contribution in [0.2, 0.25) is 5.02 Å². The number of carbonyl (C=O) groups excluding carboxylic acids is 1. The molecule has 3 aromatic rings. The van der Waals surface area contributed by atoms with Gasteiger partial charge in [0.05, 0.1) is 0 Å². The Balaban J connectivity index is 1.50. The van der Waals surface area contributed by atoms with Gasteiger partial charge in [0.1, 0.15) is 10.3 Å². The topological polar surface area (TPSA) is 82.6 Å². The maximum Gasteiger partial charge on any atom is 0.253 e. The van der Waals surface area contributed by atoms with Gasteiger partial charge in [0.25, 0.3) is 10.0 Å². The molecule has 32 heavy (non-hydrogen) atoms. The number of benzene rings is 1. The fraction of sp³-hybridized carbons (Fsp3) is 0.273. The number of hydrogen-bond acceptors (Lipinski definition) is 6. The summed E-state index contributed by atoms with van der Waals surface area (Å²) in [6.07, 6.45) is 5.35. The molecule has 1 aliphatic heterocycles. The van der Waals surface area contributed by atoms with Crippen LogP contribution < -0.4 is 5.32 Å². The minimum absolute atomic E-state index is 0.0663. The summed E-state index contributed by atoms with van der Waals surface area (Å²) in [6.45, 7) is 5.32. The Hall–Kier alpha value is -2.46. The largest absolute Gasteiger partial charge is 0.383 e. The highest BCUT2D eigenvalue weighted by Gasteiger charge is 2.41. The summed E-state index contributed by atoms with van der Waals surface area (Å²) in [5.41, 5.74) is 0.920. The van der Waals surface area contributed by atoms with Gasteiger partial charge in [-0.25, -0.2) is 8.42 Å². The number of carbonyl (C=O) groups is 1. The number of pyridine rings is 1. The van der Waals surface area contributed by atoms with Crippen molar-refractivity contribution in [2.75, 3.05) is 31.5 Å². The highest BCUT2D eigenvalue weighted by Crippen LogP contribution is 2.34. The maximum atomic E-state index is 13.5. The molecule has 0 spiro atoms. The molecule has 1 fully saturated rings. The summed E-state index contributed by atoms with van der Waals surface area (Å²) in [4.78, 5) is 18.8. The van der Waals surface area contributed by atoms with Gasteiger partial charge in [-0.3, -0.25) is 9.78 Å². The van der Waals surface area contributed by atoms with Crippen molar-refractivity contribution in [1.29, 1.82) is 0 Å². The molecular formula is C22H23ClN4O3S2. The monoisotopic (exact) mass is 490 g/mol. The number of anilines is 1. The molecular weight excluding hydrogens is 468 g/mol. The average Bonchev–Trinajstić information content (AvgIpc) is 3.36. The molecule has 3 heterocycles. The van der Waals surface area contributed by atoms with E-state index in [0.29, 0.717) is 31.1 Å². The number of likely N-dealkylation sites (tertiary alicyclic amines) is 1. The minimum Gasteiger partial charge on any atom is -0.383 e. The summed E-state index contributed by atoms with van der Waals surface area (Å²) < 4.78 is 29.2. The zero-order chi connectivity index (χ0) is 22.7. The van der Waals surface area contributed by atoms with Crippen molar-refractivity contribution in [1.82, 2.24) is 14.2 Å². The van der Waals surface area contributed by atoms with Gasteiger partial charge in [-0.2, -0.15) is 4.31 Å². The number of thiophene rings is 1. The highest BCUT2D eigenvalue weighted by atomic mass is 35.5. The van der Waals surface area contributed by atoms with Gasteiger partial charge in [-0.05, 0) is 42.1 Å². The lowest BCUT2D eigenvalue weighted by atomic mass is 10.2. The molecule has 0 bridgehead atoms. The Morgan fingerprint density at radius 1 is 1.28 bits per heavy atom. The van der Waals surface area contributed by atoms with Crippen LogP contribution in [0.5, 0.6) is 0 Å². The molecule has 0 saturated carbocycles. The van der Waals surface area contributed by atoms with Crippen molar-refractivity contribution in [3.05, 3.63) is 66.5 Å². The van der Waals surface area contributed by atoms with E-state index < -0.39 is 16.1 Å². The number of nitrogens with zero attached hydrogens (tertiary/aromatic N) is 3. The lowest BCUT2D eigenvalue weighted by Gasteiger charge is -2.25. The number of amides is 1. The van der Waals surface area contributed by atoms with Crippen molar-refractivity contribution in [2.24, 2.45) is 0 Å². The van der Waals surface area contributed by atoms with Gasteiger partial charge in [0.15, 0.2) is 0 Å². The molecule has 10 heteroatoms. The van der Waals surface area contributed by atoms with Crippen LogP contribution in [-0.4, -0.2) is 60.7 Å². The minimum atomic E-state index is -3.87. The predicted molar refractivity (Wildman–Crippen MR) is 129 cm³/mol. The van der Waals surface area contributed by atoms with Crippen LogP contribution >= 0.6 is 22.9 Å². The van der Waals surface area contributed by atoms with Crippen molar-refractivity contribution in [3.8, 4) is 0 Å². The Labute approximate surface area is 196 Å². The van der Waals surface area contributed by atoms with E-state index in [-0.39, 0.29) is 16.7 Å². The third kappa shape index (κ3) is 4.66. The van der Waals surface area contributed by atoms with E-state index in [9.17, 15) is 13.2 Å². The first-order valence-electron chi connectivity index (χ1n) is 10.1. The van der Waals surface area contributed by atoms with Gasteiger partial charge in [-0.1, -0.05) is 23.7 Å². The molecule has 168 valence electrons. The Kier molecular flexibility index (Phi) is 6.80. The van der Waals surface area contributed by atoms with Crippen LogP contribution in [0.3, 0.4) is 0 Å². The van der Waals surface area contributed by atoms with E-state index in [2.05, 4.69) is 16.9 Å². The number of rotatable bonds is 9. The fourth-order valence-corrected chi connectivity index (χ4v) is 7.15. The highest BCUT2D eigenvalue weighted by molar-refractivity contribution is 7.91. The van der Waals surface area contributed by atoms with Crippen molar-refractivity contribution in [2.45, 2.75) is 16.7 Å². The molecule has 0 radical (unpaired) electrons. The number of nitrogens with one attached hydrogen (secondary N) is 1. The van der Waals surface area contributed by atoms with Crippen molar-refractivity contribution >= 4 is 54.6 Å². The van der Waals surface area contributed by atoms with Crippen LogP contribution in [-0.2, 0) is 14.8 Å². The Morgan fingerprint density at radius 3 is 2.81 bits per heavy atom. The zero-order valence-corrected chi connectivity index (χ0v) is 19.7. The van der Waals surface area contributed by atoms with E-state index in [1.807, 2.05) is 12.1 Å². The zero-order valence-electron chi connectivity index (χ0n) is 17.3. The molecule has 0 aliphatic carbocycles. The SMILES string of the molecule is C=CCN(C1CCN(CCNc2ccncc2)C1=O)S(=O)(=O)c1cc2ccc(Cl)cc2s1. The number of hydrogen-bond donors (Lipinski definition) is 1. The average molecular weight is 491 g/mol. The van der Waals surface area contributed by atoms with Crippen LogP contribution in [0.25, 0.3) is 10.1 Å². The first-order valence-corrected chi connectivity index (χ1v) is 12.8. The first-order chi connectivity index (χ1) is 15.4. The Bertz CT molecular complexity index is 1230. The van der Waals surface area contributed by atoms with Crippen LogP contribution in [0.15, 0.2) is 65.7 Å². The van der Waals surface area contributed by atoms with Crippen LogP contribution in [0.1, 0.15) is 6.42 Å². The number of halogens is 1. The molecule has 1 aromatic carbocycles. The lowest BCUT2D eigenvalue weighted by molar-refractivity contribution is -0.130. The molecule has 4 rings (SSSR count). The van der Waals surface area contributed by atoms with Gasteiger partial charge in [-0.15, -0.1) is 17.9 Å². The normalized spacial score (nSPS) is 16.8. The van der Waals surface area contributed by atoms with E-state index in [0.717, 1.165) is 27.1 Å². The number of fused-ring (bicyclic) bond motifs is 1. The van der Waals surface area contributed by atoms with Crippen LogP contribution in [0, 0.1) is 0 Å². The molecule has 1 unspecified atom stereocenters. The van der Waals surface area contributed by atoms with Crippen molar-refractivity contribution < 1.29 is 13.2 Å². The predicted octanol–water partition coefficient (Wildman–Crippen LogP) is 3.84. The fourth-order valence-electron chi connectivity index (χ4n) is 3.76. The van der Waals surface area contributed by atoms with Gasteiger partial charge >= 0.3 is 0 Å². The lowest BCUT2D eigenvalue weighted by Crippen LogP contribution is -2.45. The van der Waals surface area contributed by atoms with Crippen molar-refractivity contribution in [3.63, 3.8) is 0 Å². The van der Waals surface area contributed by atoms with E-state index in [1.54, 1.807) is 41.6 Å². The molecule has 1 amide bonds. The molecule has 1 atom stereocenters. The summed E-state index contributed by atoms with van der Waals surface area (Å²) in [6, 6.07) is 9.87. The second-order valence-corrected chi connectivity index (χ2v) is 11.0. The van der Waals surface area contributed by atoms with E-state index in [4.69, 9.17) is 11.6 Å². The first kappa shape index (κ1) is 22.7. The van der Waals surface area contributed by atoms with Gasteiger partial charge < -0.3 is 10.2 Å². The second-order valence-electron chi connectivity index (χ2n) is 7.40. The third-order valence-corrected chi connectivity index (χ3v) is 9.00. The van der Waals surface area contributed by atoms with Gasteiger partial charge in [0.2, 0.25) is 5.91 Å². The number of aromatic nitrogens is 1. The summed E-state index contributed by atoms with van der Waals surface area (Å²) >= 11 is 7.21. The standard InChI is InChI=1S/C22H23ClN4O3S2/c1-2-11-27(32(29,30)21-14-16-3-4-17(23)15-20(16)31-21)19-7-12-26(22(19)28)13-10-25-18-5-8-24-9-6-18/h2-6,8-9,14-15,19H,1,7,10-13H2,(H,24,25). The Morgan fingerprint density at radius 2 is 2.06 bits per heavy atom. The number of sulfonamides is 1. The smallest absolute Gasteiger partial charge is 0.253 e. The van der Waals surface area contributed by atoms with Gasteiger partial charge in [0, 0.05) is 54.0 Å². The van der Waals surface area contributed by atoms with Crippen LogP contribution in [0.4, 0.5) is 5.69 Å². The second kappa shape index (κ2) is 9.58. The molecule has 1 aliphatic rings. The summed E-state index contributed by atoms with van der Waals surface area (Å²) in [5, 5.41) is 4.60.